The van der Waals surface area contributed by atoms with Gasteiger partial charge in [-0.05, 0) is 49.1 Å². The van der Waals surface area contributed by atoms with E-state index in [4.69, 9.17) is 0 Å². The van der Waals surface area contributed by atoms with Crippen molar-refractivity contribution in [1.82, 2.24) is 4.90 Å². The van der Waals surface area contributed by atoms with Gasteiger partial charge in [0.05, 0.1) is 0 Å². The summed E-state index contributed by atoms with van der Waals surface area (Å²) in [6.07, 6.45) is 2.41. The number of nitrogens with zero attached hydrogens (tertiary/aromatic N) is 1. The smallest absolute Gasteiger partial charge is 0.0353 e. The van der Waals surface area contributed by atoms with E-state index < -0.39 is 0 Å². The molecule has 0 aliphatic carbocycles. The van der Waals surface area contributed by atoms with Crippen molar-refractivity contribution in [2.75, 3.05) is 18.4 Å². The number of halogens is 1. The molecule has 2 aromatic rings. The number of nitrogens with one attached hydrogen (secondary N) is 1. The van der Waals surface area contributed by atoms with Gasteiger partial charge in [0, 0.05) is 35.8 Å². The Morgan fingerprint density at radius 3 is 2.59 bits per heavy atom. The van der Waals surface area contributed by atoms with Gasteiger partial charge in [0.2, 0.25) is 0 Å². The highest BCUT2D eigenvalue weighted by Gasteiger charge is 2.19. The minimum atomic E-state index is 0.586. The maximum Gasteiger partial charge on any atom is 0.0353 e. The van der Waals surface area contributed by atoms with Crippen molar-refractivity contribution in [2.45, 2.75) is 32.4 Å². The molecular formula is C19H23BrN2. The summed E-state index contributed by atoms with van der Waals surface area (Å²) >= 11 is 3.53. The molecule has 1 fully saturated rings. The van der Waals surface area contributed by atoms with Crippen LogP contribution in [0.5, 0.6) is 0 Å². The SMILES string of the molecule is Cc1ccccc1CN1CCC(Nc2cccc(Br)c2)CC1. The lowest BCUT2D eigenvalue weighted by molar-refractivity contribution is 0.211. The fourth-order valence-corrected chi connectivity index (χ4v) is 3.48. The Bertz CT molecular complexity index is 618. The minimum absolute atomic E-state index is 0.586. The van der Waals surface area contributed by atoms with Crippen molar-refractivity contribution in [3.63, 3.8) is 0 Å². The van der Waals surface area contributed by atoms with E-state index in [1.807, 2.05) is 0 Å². The molecule has 0 amide bonds. The Labute approximate surface area is 141 Å². The summed E-state index contributed by atoms with van der Waals surface area (Å²) in [4.78, 5) is 2.57. The molecule has 1 saturated heterocycles. The summed E-state index contributed by atoms with van der Waals surface area (Å²) in [7, 11) is 0. The lowest BCUT2D eigenvalue weighted by Crippen LogP contribution is -2.38. The highest BCUT2D eigenvalue weighted by molar-refractivity contribution is 9.10. The van der Waals surface area contributed by atoms with E-state index in [2.05, 4.69) is 81.6 Å². The number of benzene rings is 2. The highest BCUT2D eigenvalue weighted by Crippen LogP contribution is 2.21. The third-order valence-electron chi connectivity index (χ3n) is 4.44. The first-order valence-corrected chi connectivity index (χ1v) is 8.79. The number of rotatable bonds is 4. The minimum Gasteiger partial charge on any atom is -0.382 e. The molecule has 0 radical (unpaired) electrons. The Kier molecular flexibility index (Phi) is 5.16. The molecule has 0 saturated carbocycles. The van der Waals surface area contributed by atoms with Gasteiger partial charge < -0.3 is 5.32 Å². The Morgan fingerprint density at radius 2 is 1.86 bits per heavy atom. The van der Waals surface area contributed by atoms with E-state index in [0.29, 0.717) is 6.04 Å². The number of likely N-dealkylation sites (tertiary alicyclic amines) is 1. The second kappa shape index (κ2) is 7.30. The van der Waals surface area contributed by atoms with Crippen molar-refractivity contribution >= 4 is 21.6 Å². The number of hydrogen-bond donors (Lipinski definition) is 1. The number of aryl methyl sites for hydroxylation is 1. The Morgan fingerprint density at radius 1 is 1.09 bits per heavy atom. The zero-order chi connectivity index (χ0) is 15.4. The molecule has 1 aliphatic heterocycles. The Balaban J connectivity index is 1.51. The topological polar surface area (TPSA) is 15.3 Å². The van der Waals surface area contributed by atoms with E-state index >= 15 is 0 Å². The van der Waals surface area contributed by atoms with Crippen LogP contribution in [0.1, 0.15) is 24.0 Å². The zero-order valence-corrected chi connectivity index (χ0v) is 14.6. The molecule has 116 valence electrons. The van der Waals surface area contributed by atoms with Gasteiger partial charge in [-0.2, -0.15) is 0 Å². The number of piperidine rings is 1. The summed E-state index contributed by atoms with van der Waals surface area (Å²) in [6.45, 7) is 5.62. The van der Waals surface area contributed by atoms with E-state index in [-0.39, 0.29) is 0 Å². The molecule has 2 aromatic carbocycles. The quantitative estimate of drug-likeness (QED) is 0.841. The van der Waals surface area contributed by atoms with Crippen LogP contribution in [0.15, 0.2) is 53.0 Å². The van der Waals surface area contributed by atoms with Gasteiger partial charge in [-0.3, -0.25) is 4.90 Å². The number of hydrogen-bond acceptors (Lipinski definition) is 2. The molecular weight excluding hydrogens is 336 g/mol. The van der Waals surface area contributed by atoms with Gasteiger partial charge in [-0.15, -0.1) is 0 Å². The molecule has 1 heterocycles. The first kappa shape index (κ1) is 15.6. The van der Waals surface area contributed by atoms with Crippen molar-refractivity contribution in [3.05, 3.63) is 64.1 Å². The van der Waals surface area contributed by atoms with Crippen LogP contribution in [-0.2, 0) is 6.54 Å². The molecule has 0 aromatic heterocycles. The van der Waals surface area contributed by atoms with Crippen LogP contribution in [0.25, 0.3) is 0 Å². The average molecular weight is 359 g/mol. The first-order chi connectivity index (χ1) is 10.7. The van der Waals surface area contributed by atoms with Crippen molar-refractivity contribution in [2.24, 2.45) is 0 Å². The molecule has 1 aliphatic rings. The monoisotopic (exact) mass is 358 g/mol. The average Bonchev–Trinajstić information content (AvgIpc) is 2.52. The van der Waals surface area contributed by atoms with Gasteiger partial charge >= 0.3 is 0 Å². The number of anilines is 1. The molecule has 0 atom stereocenters. The standard InChI is InChI=1S/C19H23BrN2/c1-15-5-2-3-6-16(15)14-22-11-9-18(10-12-22)21-19-8-4-7-17(20)13-19/h2-8,13,18,21H,9-12,14H2,1H3. The third-order valence-corrected chi connectivity index (χ3v) is 4.93. The van der Waals surface area contributed by atoms with E-state index in [1.165, 1.54) is 42.7 Å². The van der Waals surface area contributed by atoms with Crippen LogP contribution in [0.4, 0.5) is 5.69 Å². The third kappa shape index (κ3) is 4.11. The van der Waals surface area contributed by atoms with Crippen LogP contribution >= 0.6 is 15.9 Å². The maximum absolute atomic E-state index is 3.66. The van der Waals surface area contributed by atoms with Gasteiger partial charge in [-0.25, -0.2) is 0 Å². The summed E-state index contributed by atoms with van der Waals surface area (Å²) in [6, 6.07) is 17.7. The van der Waals surface area contributed by atoms with Crippen LogP contribution in [0.2, 0.25) is 0 Å². The van der Waals surface area contributed by atoms with Crippen LogP contribution in [0, 0.1) is 6.92 Å². The normalized spacial score (nSPS) is 16.6. The predicted molar refractivity (Wildman–Crippen MR) is 97.2 cm³/mol. The van der Waals surface area contributed by atoms with Crippen LogP contribution < -0.4 is 5.32 Å². The summed E-state index contributed by atoms with van der Waals surface area (Å²) < 4.78 is 1.13. The van der Waals surface area contributed by atoms with E-state index in [0.717, 1.165) is 11.0 Å². The van der Waals surface area contributed by atoms with Crippen LogP contribution in [0.3, 0.4) is 0 Å². The molecule has 0 spiro atoms. The Hall–Kier alpha value is -1.32. The maximum atomic E-state index is 3.66. The van der Waals surface area contributed by atoms with Gasteiger partial charge in [0.1, 0.15) is 0 Å². The predicted octanol–water partition coefficient (Wildman–Crippen LogP) is 4.83. The van der Waals surface area contributed by atoms with Gasteiger partial charge in [0.25, 0.3) is 0 Å². The zero-order valence-electron chi connectivity index (χ0n) is 13.1. The molecule has 3 rings (SSSR count). The molecule has 1 N–H and O–H groups in total. The largest absolute Gasteiger partial charge is 0.382 e. The summed E-state index contributed by atoms with van der Waals surface area (Å²) in [5.41, 5.74) is 4.07. The molecule has 22 heavy (non-hydrogen) atoms. The lowest BCUT2D eigenvalue weighted by atomic mass is 10.0. The van der Waals surface area contributed by atoms with E-state index in [9.17, 15) is 0 Å². The fourth-order valence-electron chi connectivity index (χ4n) is 3.08. The summed E-state index contributed by atoms with van der Waals surface area (Å²) in [5, 5.41) is 3.66. The first-order valence-electron chi connectivity index (χ1n) is 8.00. The summed E-state index contributed by atoms with van der Waals surface area (Å²) in [5.74, 6) is 0. The molecule has 0 unspecified atom stereocenters. The highest BCUT2D eigenvalue weighted by atomic mass is 79.9. The van der Waals surface area contributed by atoms with Crippen molar-refractivity contribution in [3.8, 4) is 0 Å². The fraction of sp³-hybridized carbons (Fsp3) is 0.368. The van der Waals surface area contributed by atoms with Gasteiger partial charge in [0.15, 0.2) is 0 Å². The van der Waals surface area contributed by atoms with Gasteiger partial charge in [-0.1, -0.05) is 46.3 Å². The second-order valence-corrected chi connectivity index (χ2v) is 7.05. The van der Waals surface area contributed by atoms with Crippen LogP contribution in [-0.4, -0.2) is 24.0 Å². The van der Waals surface area contributed by atoms with Crippen molar-refractivity contribution in [1.29, 1.82) is 0 Å². The van der Waals surface area contributed by atoms with E-state index in [1.54, 1.807) is 0 Å². The molecule has 3 heteroatoms. The molecule has 2 nitrogen and oxygen atoms in total. The lowest BCUT2D eigenvalue weighted by Gasteiger charge is -2.33. The van der Waals surface area contributed by atoms with Crippen molar-refractivity contribution < 1.29 is 0 Å². The second-order valence-electron chi connectivity index (χ2n) is 6.13. The molecule has 0 bridgehead atoms.